The van der Waals surface area contributed by atoms with Crippen molar-refractivity contribution < 1.29 is 0 Å². The van der Waals surface area contributed by atoms with Crippen LogP contribution in [0.25, 0.3) is 11.1 Å². The van der Waals surface area contributed by atoms with Gasteiger partial charge in [0.2, 0.25) is 0 Å². The number of benzene rings is 2. The fourth-order valence-electron chi connectivity index (χ4n) is 1.92. The zero-order chi connectivity index (χ0) is 12.8. The molecule has 1 nitrogen and oxygen atoms in total. The van der Waals surface area contributed by atoms with E-state index in [0.29, 0.717) is 0 Å². The molecular weight excluding hydrogens is 238 g/mol. The van der Waals surface area contributed by atoms with Crippen LogP contribution >= 0.6 is 11.8 Å². The molecule has 0 unspecified atom stereocenters. The Morgan fingerprint density at radius 1 is 0.944 bits per heavy atom. The van der Waals surface area contributed by atoms with Crippen LogP contribution in [-0.4, -0.2) is 0 Å². The Morgan fingerprint density at radius 2 is 1.50 bits per heavy atom. The van der Waals surface area contributed by atoms with E-state index >= 15 is 0 Å². The molecule has 0 N–H and O–H groups in total. The minimum Gasteiger partial charge on any atom is -0.185 e. The standard InChI is InChI=1S/C16H15NS/c1-2-3-13-4-6-14(7-5-13)15-8-10-16(11-9-15)18-12-17/h4-11H,2-3H2,1H3. The van der Waals surface area contributed by atoms with E-state index in [0.717, 1.165) is 11.3 Å². The van der Waals surface area contributed by atoms with E-state index in [4.69, 9.17) is 5.26 Å². The van der Waals surface area contributed by atoms with Crippen molar-refractivity contribution in [1.82, 2.24) is 0 Å². The molecule has 0 aliphatic heterocycles. The van der Waals surface area contributed by atoms with Gasteiger partial charge in [0.05, 0.1) is 0 Å². The molecule has 0 saturated heterocycles. The van der Waals surface area contributed by atoms with Gasteiger partial charge in [0.1, 0.15) is 5.40 Å². The average Bonchev–Trinajstić information content (AvgIpc) is 2.41. The predicted octanol–water partition coefficient (Wildman–Crippen LogP) is 4.88. The average molecular weight is 253 g/mol. The summed E-state index contributed by atoms with van der Waals surface area (Å²) in [4.78, 5) is 0.990. The second-order valence-corrected chi connectivity index (χ2v) is 5.02. The highest BCUT2D eigenvalue weighted by Gasteiger charge is 1.99. The first kappa shape index (κ1) is 12.7. The van der Waals surface area contributed by atoms with Crippen LogP contribution in [0.15, 0.2) is 53.4 Å². The fraction of sp³-hybridized carbons (Fsp3) is 0.188. The lowest BCUT2D eigenvalue weighted by molar-refractivity contribution is 0.922. The highest BCUT2D eigenvalue weighted by Crippen LogP contribution is 2.24. The summed E-state index contributed by atoms with van der Waals surface area (Å²) in [7, 11) is 0. The maximum absolute atomic E-state index is 8.60. The number of nitrogens with zero attached hydrogens (tertiary/aromatic N) is 1. The van der Waals surface area contributed by atoms with E-state index in [1.165, 1.54) is 34.9 Å². The van der Waals surface area contributed by atoms with E-state index < -0.39 is 0 Å². The number of nitriles is 1. The molecule has 0 bridgehead atoms. The Hall–Kier alpha value is -1.72. The minimum absolute atomic E-state index is 0.990. The SMILES string of the molecule is CCCc1ccc(-c2ccc(SC#N)cc2)cc1. The van der Waals surface area contributed by atoms with Crippen molar-refractivity contribution in [3.8, 4) is 16.5 Å². The Balaban J connectivity index is 2.18. The summed E-state index contributed by atoms with van der Waals surface area (Å²) in [5.74, 6) is 0. The smallest absolute Gasteiger partial charge is 0.138 e. The summed E-state index contributed by atoms with van der Waals surface area (Å²) in [6.07, 6.45) is 2.32. The number of thiocyanates is 1. The first-order valence-electron chi connectivity index (χ1n) is 6.09. The molecule has 0 spiro atoms. The maximum atomic E-state index is 8.60. The lowest BCUT2D eigenvalue weighted by Gasteiger charge is -2.04. The molecular formula is C16H15NS. The Bertz CT molecular complexity index is 535. The van der Waals surface area contributed by atoms with Crippen molar-refractivity contribution in [2.24, 2.45) is 0 Å². The molecule has 18 heavy (non-hydrogen) atoms. The number of hydrogen-bond donors (Lipinski definition) is 0. The van der Waals surface area contributed by atoms with Gasteiger partial charge < -0.3 is 0 Å². The third-order valence-electron chi connectivity index (χ3n) is 2.84. The van der Waals surface area contributed by atoms with Crippen molar-refractivity contribution >= 4 is 11.8 Å². The minimum atomic E-state index is 0.990. The summed E-state index contributed by atoms with van der Waals surface area (Å²) in [5.41, 5.74) is 3.81. The lowest BCUT2D eigenvalue weighted by atomic mass is 10.0. The van der Waals surface area contributed by atoms with Crippen LogP contribution in [0.2, 0.25) is 0 Å². The second kappa shape index (κ2) is 6.28. The Morgan fingerprint density at radius 3 is 2.00 bits per heavy atom. The van der Waals surface area contributed by atoms with Gasteiger partial charge in [-0.25, -0.2) is 0 Å². The summed E-state index contributed by atoms with van der Waals surface area (Å²) >= 11 is 1.19. The Kier molecular flexibility index (Phi) is 4.44. The van der Waals surface area contributed by atoms with Gasteiger partial charge in [0, 0.05) is 4.90 Å². The molecule has 2 rings (SSSR count). The first-order valence-corrected chi connectivity index (χ1v) is 6.90. The van der Waals surface area contributed by atoms with Crippen LogP contribution in [0.1, 0.15) is 18.9 Å². The molecule has 0 aliphatic rings. The second-order valence-electron chi connectivity index (χ2n) is 4.16. The van der Waals surface area contributed by atoms with Crippen LogP contribution in [0, 0.1) is 10.7 Å². The largest absolute Gasteiger partial charge is 0.185 e. The normalized spacial score (nSPS) is 10.0. The molecule has 0 amide bonds. The van der Waals surface area contributed by atoms with Gasteiger partial charge in [-0.2, -0.15) is 5.26 Å². The van der Waals surface area contributed by atoms with Crippen molar-refractivity contribution in [3.63, 3.8) is 0 Å². The lowest BCUT2D eigenvalue weighted by Crippen LogP contribution is -1.83. The maximum Gasteiger partial charge on any atom is 0.138 e. The molecule has 0 saturated carbocycles. The van der Waals surface area contributed by atoms with E-state index in [-0.39, 0.29) is 0 Å². The van der Waals surface area contributed by atoms with Gasteiger partial charge in [-0.15, -0.1) is 0 Å². The van der Waals surface area contributed by atoms with Crippen molar-refractivity contribution in [2.45, 2.75) is 24.7 Å². The molecule has 0 heterocycles. The summed E-state index contributed by atoms with van der Waals surface area (Å²) in [6, 6.07) is 16.8. The number of rotatable bonds is 4. The van der Waals surface area contributed by atoms with E-state index in [1.807, 2.05) is 12.1 Å². The highest BCUT2D eigenvalue weighted by atomic mass is 32.2. The highest BCUT2D eigenvalue weighted by molar-refractivity contribution is 8.03. The van der Waals surface area contributed by atoms with Gasteiger partial charge in [-0.05, 0) is 47.0 Å². The van der Waals surface area contributed by atoms with E-state index in [2.05, 4.69) is 48.7 Å². The summed E-state index contributed by atoms with van der Waals surface area (Å²) in [5, 5.41) is 10.7. The van der Waals surface area contributed by atoms with Crippen molar-refractivity contribution in [3.05, 3.63) is 54.1 Å². The van der Waals surface area contributed by atoms with Gasteiger partial charge in [0.25, 0.3) is 0 Å². The number of hydrogen-bond acceptors (Lipinski definition) is 2. The van der Waals surface area contributed by atoms with Crippen LogP contribution in [-0.2, 0) is 6.42 Å². The first-order chi connectivity index (χ1) is 8.83. The predicted molar refractivity (Wildman–Crippen MR) is 77.3 cm³/mol. The number of aryl methyl sites for hydroxylation is 1. The van der Waals surface area contributed by atoms with Gasteiger partial charge in [0.15, 0.2) is 0 Å². The zero-order valence-corrected chi connectivity index (χ0v) is 11.2. The Labute approximate surface area is 112 Å². The number of thioether (sulfide) groups is 1. The zero-order valence-electron chi connectivity index (χ0n) is 10.4. The van der Waals surface area contributed by atoms with Gasteiger partial charge in [-0.3, -0.25) is 0 Å². The fourth-order valence-corrected chi connectivity index (χ4v) is 2.30. The quantitative estimate of drug-likeness (QED) is 0.573. The molecule has 90 valence electrons. The monoisotopic (exact) mass is 253 g/mol. The molecule has 0 atom stereocenters. The molecule has 0 aromatic heterocycles. The summed E-state index contributed by atoms with van der Waals surface area (Å²) in [6.45, 7) is 2.19. The topological polar surface area (TPSA) is 23.8 Å². The molecule has 0 fully saturated rings. The molecule has 0 aliphatic carbocycles. The van der Waals surface area contributed by atoms with Crippen LogP contribution in [0.3, 0.4) is 0 Å². The van der Waals surface area contributed by atoms with Crippen LogP contribution in [0.5, 0.6) is 0 Å². The molecule has 2 aromatic rings. The van der Waals surface area contributed by atoms with Crippen molar-refractivity contribution in [2.75, 3.05) is 0 Å². The van der Waals surface area contributed by atoms with Crippen molar-refractivity contribution in [1.29, 1.82) is 5.26 Å². The van der Waals surface area contributed by atoms with E-state index in [9.17, 15) is 0 Å². The summed E-state index contributed by atoms with van der Waals surface area (Å²) < 4.78 is 0. The third kappa shape index (κ3) is 3.15. The van der Waals surface area contributed by atoms with E-state index in [1.54, 1.807) is 0 Å². The van der Waals surface area contributed by atoms with Gasteiger partial charge >= 0.3 is 0 Å². The van der Waals surface area contributed by atoms with Crippen LogP contribution < -0.4 is 0 Å². The third-order valence-corrected chi connectivity index (χ3v) is 3.44. The molecule has 2 heteroatoms. The van der Waals surface area contributed by atoms with Crippen LogP contribution in [0.4, 0.5) is 0 Å². The van der Waals surface area contributed by atoms with Gasteiger partial charge in [-0.1, -0.05) is 49.7 Å². The molecule has 2 aromatic carbocycles. The molecule has 0 radical (unpaired) electrons.